The Morgan fingerprint density at radius 1 is 0.938 bits per heavy atom. The van der Waals surface area contributed by atoms with E-state index in [1.54, 1.807) is 29.2 Å². The fourth-order valence-corrected chi connectivity index (χ4v) is 3.42. The lowest BCUT2D eigenvalue weighted by atomic mass is 10.1. The van der Waals surface area contributed by atoms with Gasteiger partial charge in [-0.25, -0.2) is 14.0 Å². The molecular formula is C23H23FN2O6. The van der Waals surface area contributed by atoms with Crippen molar-refractivity contribution in [3.8, 4) is 0 Å². The minimum atomic E-state index is -0.800. The SMILES string of the molecule is COC(=O)c1ccccc1C(=O)OCC(=O)N1CCN(c2ccc(C(C)=O)cc2F)CC1. The quantitative estimate of drug-likeness (QED) is 0.501. The highest BCUT2D eigenvalue weighted by Gasteiger charge is 2.25. The first-order chi connectivity index (χ1) is 15.3. The van der Waals surface area contributed by atoms with Crippen LogP contribution in [0, 0.1) is 5.82 Å². The van der Waals surface area contributed by atoms with Crippen LogP contribution >= 0.6 is 0 Å². The summed E-state index contributed by atoms with van der Waals surface area (Å²) in [4.78, 5) is 51.3. The van der Waals surface area contributed by atoms with Crippen molar-refractivity contribution in [1.82, 2.24) is 4.90 Å². The number of ketones is 1. The molecule has 1 amide bonds. The first-order valence-corrected chi connectivity index (χ1v) is 9.99. The molecule has 0 bridgehead atoms. The summed E-state index contributed by atoms with van der Waals surface area (Å²) in [5, 5.41) is 0. The zero-order valence-corrected chi connectivity index (χ0v) is 17.8. The van der Waals surface area contributed by atoms with E-state index in [0.717, 1.165) is 0 Å². The number of benzene rings is 2. The summed E-state index contributed by atoms with van der Waals surface area (Å²) in [7, 11) is 1.21. The fourth-order valence-electron chi connectivity index (χ4n) is 3.42. The number of carbonyl (C=O) groups excluding carboxylic acids is 4. The van der Waals surface area contributed by atoms with Crippen LogP contribution in [0.3, 0.4) is 0 Å². The van der Waals surface area contributed by atoms with E-state index in [1.807, 2.05) is 0 Å². The molecule has 8 nitrogen and oxygen atoms in total. The topological polar surface area (TPSA) is 93.2 Å². The molecule has 0 atom stereocenters. The molecule has 9 heteroatoms. The molecule has 0 spiro atoms. The van der Waals surface area contributed by atoms with Gasteiger partial charge in [0.25, 0.3) is 5.91 Å². The Hall–Kier alpha value is -3.75. The normalized spacial score (nSPS) is 13.5. The van der Waals surface area contributed by atoms with Crippen LogP contribution in [0.4, 0.5) is 10.1 Å². The zero-order valence-electron chi connectivity index (χ0n) is 17.8. The third kappa shape index (κ3) is 5.11. The fraction of sp³-hybridized carbons (Fsp3) is 0.304. The van der Waals surface area contributed by atoms with Gasteiger partial charge in [-0.1, -0.05) is 12.1 Å². The van der Waals surface area contributed by atoms with Gasteiger partial charge in [-0.2, -0.15) is 0 Å². The molecule has 0 saturated carbocycles. The third-order valence-corrected chi connectivity index (χ3v) is 5.21. The first kappa shape index (κ1) is 22.9. The number of anilines is 1. The molecule has 168 valence electrons. The van der Waals surface area contributed by atoms with Crippen LogP contribution in [0.1, 0.15) is 38.0 Å². The van der Waals surface area contributed by atoms with Crippen molar-refractivity contribution in [3.05, 3.63) is 65.0 Å². The van der Waals surface area contributed by atoms with E-state index in [9.17, 15) is 23.6 Å². The molecule has 1 saturated heterocycles. The van der Waals surface area contributed by atoms with Gasteiger partial charge < -0.3 is 19.3 Å². The average molecular weight is 442 g/mol. The zero-order chi connectivity index (χ0) is 23.3. The predicted octanol–water partition coefficient (Wildman–Crippen LogP) is 2.32. The molecular weight excluding hydrogens is 419 g/mol. The second-order valence-electron chi connectivity index (χ2n) is 7.20. The van der Waals surface area contributed by atoms with Crippen LogP contribution in [0.15, 0.2) is 42.5 Å². The minimum Gasteiger partial charge on any atom is -0.465 e. The highest BCUT2D eigenvalue weighted by molar-refractivity contribution is 6.03. The largest absolute Gasteiger partial charge is 0.465 e. The molecule has 1 heterocycles. The van der Waals surface area contributed by atoms with Gasteiger partial charge in [0, 0.05) is 31.7 Å². The summed E-state index contributed by atoms with van der Waals surface area (Å²) in [5.41, 5.74) is 0.740. The summed E-state index contributed by atoms with van der Waals surface area (Å²) in [6, 6.07) is 10.4. The van der Waals surface area contributed by atoms with Crippen LogP contribution in [0.2, 0.25) is 0 Å². The lowest BCUT2D eigenvalue weighted by Gasteiger charge is -2.36. The molecule has 2 aromatic carbocycles. The van der Waals surface area contributed by atoms with Crippen molar-refractivity contribution in [2.75, 3.05) is 44.8 Å². The number of hydrogen-bond acceptors (Lipinski definition) is 7. The number of piperazine rings is 1. The van der Waals surface area contributed by atoms with Crippen LogP contribution in [0.5, 0.6) is 0 Å². The van der Waals surface area contributed by atoms with Crippen LogP contribution in [-0.4, -0.2) is 68.4 Å². The van der Waals surface area contributed by atoms with Crippen molar-refractivity contribution in [2.45, 2.75) is 6.92 Å². The van der Waals surface area contributed by atoms with E-state index in [1.165, 1.54) is 37.1 Å². The standard InChI is InChI=1S/C23H23FN2O6/c1-15(27)16-7-8-20(19(24)13-16)25-9-11-26(12-10-25)21(28)14-32-23(30)18-6-4-3-5-17(18)22(29)31-2/h3-8,13H,9-12,14H2,1-2H3. The predicted molar refractivity (Wildman–Crippen MR) is 113 cm³/mol. The monoisotopic (exact) mass is 442 g/mol. The lowest BCUT2D eigenvalue weighted by molar-refractivity contribution is -0.134. The van der Waals surface area contributed by atoms with Gasteiger partial charge in [-0.15, -0.1) is 0 Å². The molecule has 32 heavy (non-hydrogen) atoms. The number of carbonyl (C=O) groups is 4. The summed E-state index contributed by atoms with van der Waals surface area (Å²) >= 11 is 0. The molecule has 2 aromatic rings. The molecule has 0 N–H and O–H groups in total. The highest BCUT2D eigenvalue weighted by atomic mass is 19.1. The maximum atomic E-state index is 14.4. The Balaban J connectivity index is 1.55. The first-order valence-electron chi connectivity index (χ1n) is 9.99. The van der Waals surface area contributed by atoms with Crippen LogP contribution < -0.4 is 4.90 Å². The Morgan fingerprint density at radius 3 is 2.12 bits per heavy atom. The number of hydrogen-bond donors (Lipinski definition) is 0. The molecule has 1 aliphatic heterocycles. The molecule has 0 aromatic heterocycles. The Kier molecular flexibility index (Phi) is 7.19. The van der Waals surface area contributed by atoms with E-state index >= 15 is 0 Å². The highest BCUT2D eigenvalue weighted by Crippen LogP contribution is 2.22. The smallest absolute Gasteiger partial charge is 0.339 e. The minimum absolute atomic E-state index is 0.0152. The molecule has 1 fully saturated rings. The number of halogens is 1. The van der Waals surface area contributed by atoms with Crippen molar-refractivity contribution >= 4 is 29.3 Å². The van der Waals surface area contributed by atoms with Gasteiger partial charge in [0.2, 0.25) is 0 Å². The number of methoxy groups -OCH3 is 1. The van der Waals surface area contributed by atoms with E-state index in [4.69, 9.17) is 4.74 Å². The molecule has 3 rings (SSSR count). The van der Waals surface area contributed by atoms with E-state index in [-0.39, 0.29) is 22.8 Å². The van der Waals surface area contributed by atoms with Crippen LogP contribution in [-0.2, 0) is 14.3 Å². The Labute approximate surface area is 184 Å². The summed E-state index contributed by atoms with van der Waals surface area (Å²) in [5.74, 6) is -2.57. The van der Waals surface area contributed by atoms with Crippen molar-refractivity contribution in [1.29, 1.82) is 0 Å². The Morgan fingerprint density at radius 2 is 1.56 bits per heavy atom. The molecule has 0 radical (unpaired) electrons. The second-order valence-corrected chi connectivity index (χ2v) is 7.20. The number of amides is 1. The average Bonchev–Trinajstić information content (AvgIpc) is 2.81. The number of rotatable bonds is 6. The summed E-state index contributed by atoms with van der Waals surface area (Å²) in [6.07, 6.45) is 0. The van der Waals surface area contributed by atoms with Gasteiger partial charge in [0.05, 0.1) is 23.9 Å². The van der Waals surface area contributed by atoms with Gasteiger partial charge in [0.1, 0.15) is 5.82 Å². The van der Waals surface area contributed by atoms with Gasteiger partial charge in [-0.05, 0) is 37.3 Å². The van der Waals surface area contributed by atoms with Gasteiger partial charge in [-0.3, -0.25) is 9.59 Å². The third-order valence-electron chi connectivity index (χ3n) is 5.21. The van der Waals surface area contributed by atoms with Crippen molar-refractivity contribution in [3.63, 3.8) is 0 Å². The summed E-state index contributed by atoms with van der Waals surface area (Å²) < 4.78 is 24.1. The lowest BCUT2D eigenvalue weighted by Crippen LogP contribution is -2.50. The van der Waals surface area contributed by atoms with E-state index in [2.05, 4.69) is 4.74 Å². The maximum Gasteiger partial charge on any atom is 0.339 e. The molecule has 0 aliphatic carbocycles. The van der Waals surface area contributed by atoms with Gasteiger partial charge >= 0.3 is 11.9 Å². The Bertz CT molecular complexity index is 1050. The van der Waals surface area contributed by atoms with Crippen molar-refractivity contribution in [2.24, 2.45) is 0 Å². The number of ether oxygens (including phenoxy) is 2. The second kappa shape index (κ2) is 10.0. The summed E-state index contributed by atoms with van der Waals surface area (Å²) in [6.45, 7) is 2.32. The van der Waals surface area contributed by atoms with Crippen molar-refractivity contribution < 1.29 is 33.0 Å². The van der Waals surface area contributed by atoms with Gasteiger partial charge in [0.15, 0.2) is 12.4 Å². The van der Waals surface area contributed by atoms with E-state index < -0.39 is 24.4 Å². The molecule has 0 unspecified atom stereocenters. The molecule has 1 aliphatic rings. The number of Topliss-reactive ketones (excluding diaryl/α,β-unsaturated/α-hetero) is 1. The van der Waals surface area contributed by atoms with E-state index in [0.29, 0.717) is 37.4 Å². The number of nitrogens with zero attached hydrogens (tertiary/aromatic N) is 2. The maximum absolute atomic E-state index is 14.4. The van der Waals surface area contributed by atoms with Crippen LogP contribution in [0.25, 0.3) is 0 Å². The number of esters is 2.